The number of ether oxygens (including phenoxy) is 3. The van der Waals surface area contributed by atoms with Gasteiger partial charge in [-0.2, -0.15) is 26.3 Å². The van der Waals surface area contributed by atoms with Gasteiger partial charge in [0.15, 0.2) is 12.4 Å². The summed E-state index contributed by atoms with van der Waals surface area (Å²) in [6, 6.07) is 0. The standard InChI is InChI=1S/C13H17F8NO3/c1-7-4-22(5-8(25-7)12(16,17)18)10(14)11(15,13(19,20)21)9-6-23-2-3-24-9/h7-10H,2-6H2,1H3. The quantitative estimate of drug-likeness (QED) is 0.551. The van der Waals surface area contributed by atoms with Crippen LogP contribution >= 0.6 is 0 Å². The van der Waals surface area contributed by atoms with Gasteiger partial charge in [-0.1, -0.05) is 0 Å². The summed E-state index contributed by atoms with van der Waals surface area (Å²) in [5, 5.41) is 0. The van der Waals surface area contributed by atoms with Gasteiger partial charge >= 0.3 is 12.4 Å². The predicted octanol–water partition coefficient (Wildman–Crippen LogP) is 2.62. The van der Waals surface area contributed by atoms with E-state index in [0.29, 0.717) is 0 Å². The van der Waals surface area contributed by atoms with E-state index < -0.39 is 62.3 Å². The lowest BCUT2D eigenvalue weighted by atomic mass is 9.94. The minimum Gasteiger partial charge on any atom is -0.376 e. The number of alkyl halides is 8. The normalized spacial score (nSPS) is 33.7. The molecule has 2 saturated heterocycles. The summed E-state index contributed by atoms with van der Waals surface area (Å²) in [5.41, 5.74) is -4.54. The van der Waals surface area contributed by atoms with Crippen molar-refractivity contribution in [3.63, 3.8) is 0 Å². The minimum absolute atomic E-state index is 0.0911. The predicted molar refractivity (Wildman–Crippen MR) is 67.3 cm³/mol. The molecule has 0 aromatic rings. The van der Waals surface area contributed by atoms with Crippen molar-refractivity contribution in [2.24, 2.45) is 0 Å². The van der Waals surface area contributed by atoms with Gasteiger partial charge < -0.3 is 14.2 Å². The second-order valence-corrected chi connectivity index (χ2v) is 5.97. The van der Waals surface area contributed by atoms with Crippen LogP contribution in [0.15, 0.2) is 0 Å². The van der Waals surface area contributed by atoms with Crippen molar-refractivity contribution in [3.05, 3.63) is 0 Å². The Hall–Kier alpha value is -0.720. The Kier molecular flexibility index (Phi) is 5.87. The average Bonchev–Trinajstić information content (AvgIpc) is 2.51. The van der Waals surface area contributed by atoms with Crippen molar-refractivity contribution in [1.82, 2.24) is 4.90 Å². The molecule has 0 spiro atoms. The second kappa shape index (κ2) is 7.12. The van der Waals surface area contributed by atoms with Crippen LogP contribution in [-0.2, 0) is 14.2 Å². The van der Waals surface area contributed by atoms with Crippen LogP contribution in [0, 0.1) is 0 Å². The van der Waals surface area contributed by atoms with Crippen LogP contribution in [0.5, 0.6) is 0 Å². The Morgan fingerprint density at radius 3 is 2.08 bits per heavy atom. The van der Waals surface area contributed by atoms with Crippen molar-refractivity contribution in [1.29, 1.82) is 0 Å². The van der Waals surface area contributed by atoms with E-state index in [-0.39, 0.29) is 18.1 Å². The van der Waals surface area contributed by atoms with Gasteiger partial charge in [0.1, 0.15) is 6.10 Å². The minimum atomic E-state index is -5.72. The Balaban J connectivity index is 2.27. The van der Waals surface area contributed by atoms with E-state index in [4.69, 9.17) is 4.74 Å². The molecule has 2 rings (SSSR count). The first-order valence-corrected chi connectivity index (χ1v) is 7.42. The van der Waals surface area contributed by atoms with Gasteiger partial charge in [0.2, 0.25) is 0 Å². The van der Waals surface area contributed by atoms with Gasteiger partial charge in [-0.3, -0.25) is 4.90 Å². The van der Waals surface area contributed by atoms with Crippen LogP contribution in [0.1, 0.15) is 6.92 Å². The molecule has 12 heteroatoms. The van der Waals surface area contributed by atoms with E-state index in [1.165, 1.54) is 0 Å². The zero-order valence-electron chi connectivity index (χ0n) is 13.0. The molecule has 0 N–H and O–H groups in total. The van der Waals surface area contributed by atoms with E-state index in [1.807, 2.05) is 0 Å². The van der Waals surface area contributed by atoms with Crippen LogP contribution in [0.25, 0.3) is 0 Å². The average molecular weight is 387 g/mol. The molecular weight excluding hydrogens is 370 g/mol. The molecule has 25 heavy (non-hydrogen) atoms. The van der Waals surface area contributed by atoms with Crippen molar-refractivity contribution in [3.8, 4) is 0 Å². The molecule has 2 heterocycles. The third-order valence-electron chi connectivity index (χ3n) is 4.04. The van der Waals surface area contributed by atoms with Crippen LogP contribution in [-0.4, -0.2) is 80.4 Å². The van der Waals surface area contributed by atoms with Crippen LogP contribution in [0.4, 0.5) is 35.1 Å². The van der Waals surface area contributed by atoms with Crippen molar-refractivity contribution in [2.45, 2.75) is 49.6 Å². The lowest BCUT2D eigenvalue weighted by Gasteiger charge is -2.45. The van der Waals surface area contributed by atoms with Crippen molar-refractivity contribution in [2.75, 3.05) is 32.9 Å². The fraction of sp³-hybridized carbons (Fsp3) is 1.00. The molecule has 4 nitrogen and oxygen atoms in total. The van der Waals surface area contributed by atoms with E-state index in [1.54, 1.807) is 0 Å². The SMILES string of the molecule is CC1CN(C(F)C(F)(C2COCCO2)C(F)(F)F)CC(C(F)(F)F)O1. The zero-order valence-corrected chi connectivity index (χ0v) is 13.0. The smallest absolute Gasteiger partial charge is 0.376 e. The van der Waals surface area contributed by atoms with Gasteiger partial charge in [-0.05, 0) is 6.92 Å². The molecule has 0 aliphatic carbocycles. The number of hydrogen-bond acceptors (Lipinski definition) is 4. The fourth-order valence-corrected chi connectivity index (χ4v) is 2.82. The molecule has 0 bridgehead atoms. The lowest BCUT2D eigenvalue weighted by Crippen LogP contribution is -2.67. The molecule has 0 amide bonds. The van der Waals surface area contributed by atoms with Gasteiger partial charge in [-0.25, -0.2) is 8.78 Å². The first-order valence-electron chi connectivity index (χ1n) is 7.42. The summed E-state index contributed by atoms with van der Waals surface area (Å²) >= 11 is 0. The number of morpholine rings is 1. The number of hydrogen-bond donors (Lipinski definition) is 0. The van der Waals surface area contributed by atoms with Gasteiger partial charge in [0.25, 0.3) is 5.67 Å². The summed E-state index contributed by atoms with van der Waals surface area (Å²) < 4.78 is 122. The molecule has 5 unspecified atom stereocenters. The third kappa shape index (κ3) is 4.17. The van der Waals surface area contributed by atoms with E-state index in [9.17, 15) is 35.1 Å². The molecule has 2 aliphatic heterocycles. The molecule has 2 aliphatic rings. The third-order valence-corrected chi connectivity index (χ3v) is 4.04. The summed E-state index contributed by atoms with van der Waals surface area (Å²) in [5.74, 6) is 0. The maximum atomic E-state index is 14.8. The molecular formula is C13H17F8NO3. The molecule has 148 valence electrons. The molecule has 0 aromatic carbocycles. The largest absolute Gasteiger partial charge is 0.429 e. The maximum absolute atomic E-state index is 14.8. The zero-order chi connectivity index (χ0) is 19.0. The van der Waals surface area contributed by atoms with Crippen molar-refractivity contribution < 1.29 is 49.3 Å². The van der Waals surface area contributed by atoms with Crippen LogP contribution in [0.3, 0.4) is 0 Å². The van der Waals surface area contributed by atoms with Crippen molar-refractivity contribution >= 4 is 0 Å². The number of rotatable bonds is 3. The highest BCUT2D eigenvalue weighted by Gasteiger charge is 2.69. The van der Waals surface area contributed by atoms with E-state index in [2.05, 4.69) is 9.47 Å². The first kappa shape index (κ1) is 20.6. The maximum Gasteiger partial charge on any atom is 0.429 e. The highest BCUT2D eigenvalue weighted by molar-refractivity contribution is 5.03. The van der Waals surface area contributed by atoms with Crippen LogP contribution < -0.4 is 0 Å². The second-order valence-electron chi connectivity index (χ2n) is 5.97. The fourth-order valence-electron chi connectivity index (χ4n) is 2.82. The Morgan fingerprint density at radius 1 is 0.960 bits per heavy atom. The van der Waals surface area contributed by atoms with Gasteiger partial charge in [-0.15, -0.1) is 0 Å². The Morgan fingerprint density at radius 2 is 1.60 bits per heavy atom. The van der Waals surface area contributed by atoms with Crippen LogP contribution in [0.2, 0.25) is 0 Å². The molecule has 0 radical (unpaired) electrons. The highest BCUT2D eigenvalue weighted by Crippen LogP contribution is 2.44. The Bertz CT molecular complexity index is 454. The summed E-state index contributed by atoms with van der Waals surface area (Å²) in [6.45, 7) is -2.10. The molecule has 2 fully saturated rings. The van der Waals surface area contributed by atoms with E-state index in [0.717, 1.165) is 6.92 Å². The number of nitrogens with zero attached hydrogens (tertiary/aromatic N) is 1. The summed E-state index contributed by atoms with van der Waals surface area (Å²) in [6.07, 6.45) is -20.1. The highest BCUT2D eigenvalue weighted by atomic mass is 19.4. The summed E-state index contributed by atoms with van der Waals surface area (Å²) in [7, 11) is 0. The monoisotopic (exact) mass is 387 g/mol. The van der Waals surface area contributed by atoms with Gasteiger partial charge in [0, 0.05) is 13.1 Å². The van der Waals surface area contributed by atoms with E-state index >= 15 is 0 Å². The lowest BCUT2D eigenvalue weighted by molar-refractivity contribution is -0.326. The summed E-state index contributed by atoms with van der Waals surface area (Å²) in [4.78, 5) is 0.151. The Labute approximate surface area is 138 Å². The molecule has 0 aromatic heterocycles. The molecule has 5 atom stereocenters. The molecule has 0 saturated carbocycles. The first-order chi connectivity index (χ1) is 11.4. The topological polar surface area (TPSA) is 30.9 Å². The number of halogens is 8. The van der Waals surface area contributed by atoms with Gasteiger partial charge in [0.05, 0.1) is 25.9 Å².